The number of fused-ring (bicyclic) bond motifs is 1. The molecule has 1 aromatic heterocycles. The van der Waals surface area contributed by atoms with Crippen molar-refractivity contribution in [2.24, 2.45) is 0 Å². The molecule has 1 N–H and O–H groups in total. The number of hydrogen-bond acceptors (Lipinski definition) is 5. The zero-order chi connectivity index (χ0) is 26.8. The molecule has 0 atom stereocenters. The van der Waals surface area contributed by atoms with E-state index in [1.165, 1.54) is 37.4 Å². The molecular formula is C26H24F3N3O4S. The lowest BCUT2D eigenvalue weighted by Crippen LogP contribution is -2.22. The van der Waals surface area contributed by atoms with Gasteiger partial charge in [0.15, 0.2) is 9.84 Å². The number of nitrogens with zero attached hydrogens (tertiary/aromatic N) is 2. The Hall–Kier alpha value is -3.86. The molecule has 0 saturated carbocycles. The van der Waals surface area contributed by atoms with Crippen LogP contribution in [-0.2, 0) is 29.1 Å². The van der Waals surface area contributed by atoms with Gasteiger partial charge < -0.3 is 14.6 Å². The number of carbonyl (C=O) groups is 1. The van der Waals surface area contributed by atoms with Crippen molar-refractivity contribution in [1.82, 2.24) is 14.9 Å². The molecule has 37 heavy (non-hydrogen) atoms. The predicted octanol–water partition coefficient (Wildman–Crippen LogP) is 4.84. The van der Waals surface area contributed by atoms with Gasteiger partial charge in [0.25, 0.3) is 5.91 Å². The van der Waals surface area contributed by atoms with Gasteiger partial charge in [0.1, 0.15) is 5.75 Å². The van der Waals surface area contributed by atoms with Crippen LogP contribution in [0.4, 0.5) is 13.2 Å². The van der Waals surface area contributed by atoms with Crippen LogP contribution >= 0.6 is 0 Å². The summed E-state index contributed by atoms with van der Waals surface area (Å²) in [6, 6.07) is 17.1. The highest BCUT2D eigenvalue weighted by Gasteiger charge is 2.37. The van der Waals surface area contributed by atoms with Crippen molar-refractivity contribution < 1.29 is 31.1 Å². The minimum Gasteiger partial charge on any atom is -0.497 e. The average molecular weight is 532 g/mol. The van der Waals surface area contributed by atoms with Gasteiger partial charge in [-0.05, 0) is 53.6 Å². The smallest absolute Gasteiger partial charge is 0.449 e. The number of nitrogens with one attached hydrogen (secondary N) is 1. The van der Waals surface area contributed by atoms with Gasteiger partial charge in [0, 0.05) is 18.7 Å². The highest BCUT2D eigenvalue weighted by molar-refractivity contribution is 7.91. The summed E-state index contributed by atoms with van der Waals surface area (Å²) in [5.74, 6) is -1.05. The number of imidazole rings is 1. The highest BCUT2D eigenvalue weighted by Crippen LogP contribution is 2.32. The zero-order valence-electron chi connectivity index (χ0n) is 20.0. The second kappa shape index (κ2) is 10.3. The van der Waals surface area contributed by atoms with E-state index in [1.54, 1.807) is 43.3 Å². The fraction of sp³-hybridized carbons (Fsp3) is 0.231. The van der Waals surface area contributed by atoms with Gasteiger partial charge in [0.2, 0.25) is 5.82 Å². The minimum atomic E-state index is -4.70. The third-order valence-corrected chi connectivity index (χ3v) is 7.60. The van der Waals surface area contributed by atoms with Crippen LogP contribution in [-0.4, -0.2) is 36.7 Å². The molecule has 0 radical (unpaired) electrons. The van der Waals surface area contributed by atoms with E-state index in [-0.39, 0.29) is 40.3 Å². The number of aromatic nitrogens is 2. The molecule has 0 aliphatic rings. The number of ether oxygens (including phenoxy) is 1. The maximum atomic E-state index is 13.8. The van der Waals surface area contributed by atoms with Crippen LogP contribution in [0, 0.1) is 0 Å². The fourth-order valence-corrected chi connectivity index (χ4v) is 4.75. The summed E-state index contributed by atoms with van der Waals surface area (Å²) >= 11 is 0. The Balaban J connectivity index is 1.57. The van der Waals surface area contributed by atoms with Crippen LogP contribution in [0.1, 0.15) is 34.2 Å². The third kappa shape index (κ3) is 5.77. The largest absolute Gasteiger partial charge is 0.497 e. The van der Waals surface area contributed by atoms with E-state index in [0.29, 0.717) is 16.9 Å². The Labute approximate surface area is 211 Å². The van der Waals surface area contributed by atoms with Gasteiger partial charge in [-0.1, -0.05) is 31.2 Å². The monoisotopic (exact) mass is 531 g/mol. The van der Waals surface area contributed by atoms with Gasteiger partial charge in [-0.25, -0.2) is 13.4 Å². The minimum absolute atomic E-state index is 0.0169. The topological polar surface area (TPSA) is 90.3 Å². The normalized spacial score (nSPS) is 12.0. The molecule has 4 aromatic rings. The van der Waals surface area contributed by atoms with Crippen LogP contribution in [0.25, 0.3) is 11.0 Å². The molecule has 4 rings (SSSR count). The Morgan fingerprint density at radius 1 is 1.03 bits per heavy atom. The molecule has 0 fully saturated rings. The van der Waals surface area contributed by atoms with Crippen LogP contribution in [0.3, 0.4) is 0 Å². The SMILES string of the molecule is CCS(=O)(=O)c1ccc(CNC(=O)c2ccc3c(c2)nc(C(F)(F)F)n3Cc2cccc(OC)c2)cc1. The van der Waals surface area contributed by atoms with E-state index < -0.39 is 27.7 Å². The number of alkyl halides is 3. The maximum Gasteiger partial charge on any atom is 0.449 e. The molecular weight excluding hydrogens is 507 g/mol. The first-order chi connectivity index (χ1) is 17.5. The lowest BCUT2D eigenvalue weighted by molar-refractivity contribution is -0.146. The number of amides is 1. The van der Waals surface area contributed by atoms with E-state index in [0.717, 1.165) is 4.57 Å². The molecule has 1 heterocycles. The van der Waals surface area contributed by atoms with Crippen molar-refractivity contribution in [2.75, 3.05) is 12.9 Å². The number of methoxy groups -OCH3 is 1. The molecule has 11 heteroatoms. The third-order valence-electron chi connectivity index (χ3n) is 5.85. The number of halogens is 3. The number of rotatable bonds is 8. The first-order valence-electron chi connectivity index (χ1n) is 11.3. The summed E-state index contributed by atoms with van der Waals surface area (Å²) in [6.45, 7) is 1.58. The molecule has 0 unspecified atom stereocenters. The van der Waals surface area contributed by atoms with E-state index in [1.807, 2.05) is 0 Å². The quantitative estimate of drug-likeness (QED) is 0.352. The predicted molar refractivity (Wildman–Crippen MR) is 132 cm³/mol. The molecule has 0 saturated heterocycles. The van der Waals surface area contributed by atoms with E-state index in [4.69, 9.17) is 4.74 Å². The van der Waals surface area contributed by atoms with Crippen molar-refractivity contribution in [3.05, 3.63) is 89.2 Å². The Bertz CT molecular complexity index is 1550. The average Bonchev–Trinajstić information content (AvgIpc) is 3.25. The summed E-state index contributed by atoms with van der Waals surface area (Å²) in [4.78, 5) is 16.7. The Morgan fingerprint density at radius 2 is 1.76 bits per heavy atom. The summed E-state index contributed by atoms with van der Waals surface area (Å²) in [6.07, 6.45) is -4.70. The molecule has 1 amide bonds. The Morgan fingerprint density at radius 3 is 2.41 bits per heavy atom. The van der Waals surface area contributed by atoms with E-state index >= 15 is 0 Å². The standard InChI is InChI=1S/C26H24F3N3O4S/c1-3-37(34,35)21-10-7-17(8-11-21)15-30-24(33)19-9-12-23-22(14-19)31-25(26(27,28)29)32(23)16-18-5-4-6-20(13-18)36-2/h4-14H,3,15-16H2,1-2H3,(H,30,33). The van der Waals surface area contributed by atoms with Crippen LogP contribution in [0.2, 0.25) is 0 Å². The first kappa shape index (κ1) is 26.2. The molecule has 0 aliphatic heterocycles. The number of carbonyl (C=O) groups excluding carboxylic acids is 1. The summed E-state index contributed by atoms with van der Waals surface area (Å²) in [5.41, 5.74) is 1.70. The molecule has 7 nitrogen and oxygen atoms in total. The van der Waals surface area contributed by atoms with Crippen LogP contribution in [0.5, 0.6) is 5.75 Å². The molecule has 0 spiro atoms. The second-order valence-corrected chi connectivity index (χ2v) is 10.6. The first-order valence-corrected chi connectivity index (χ1v) is 13.0. The maximum absolute atomic E-state index is 13.8. The second-order valence-electron chi connectivity index (χ2n) is 8.30. The molecule has 3 aromatic carbocycles. The highest BCUT2D eigenvalue weighted by atomic mass is 32.2. The van der Waals surface area contributed by atoms with Crippen molar-refractivity contribution in [3.63, 3.8) is 0 Å². The lowest BCUT2D eigenvalue weighted by Gasteiger charge is -2.12. The van der Waals surface area contributed by atoms with Gasteiger partial charge in [-0.2, -0.15) is 13.2 Å². The molecule has 194 valence electrons. The molecule has 0 aliphatic carbocycles. The van der Waals surface area contributed by atoms with Crippen molar-refractivity contribution in [3.8, 4) is 5.75 Å². The van der Waals surface area contributed by atoms with Crippen LogP contribution in [0.15, 0.2) is 71.6 Å². The van der Waals surface area contributed by atoms with E-state index in [9.17, 15) is 26.4 Å². The Kier molecular flexibility index (Phi) is 7.26. The summed E-state index contributed by atoms with van der Waals surface area (Å²) in [7, 11) is -1.85. The number of hydrogen-bond donors (Lipinski definition) is 1. The van der Waals surface area contributed by atoms with Crippen molar-refractivity contribution >= 4 is 26.8 Å². The fourth-order valence-electron chi connectivity index (χ4n) is 3.87. The zero-order valence-corrected chi connectivity index (χ0v) is 20.9. The van der Waals surface area contributed by atoms with Gasteiger partial charge in [-0.3, -0.25) is 4.79 Å². The summed E-state index contributed by atoms with van der Waals surface area (Å²) < 4.78 is 71.5. The lowest BCUT2D eigenvalue weighted by atomic mass is 10.1. The van der Waals surface area contributed by atoms with Gasteiger partial charge in [0.05, 0.1) is 28.8 Å². The number of benzene rings is 3. The number of sulfone groups is 1. The molecule has 0 bridgehead atoms. The van der Waals surface area contributed by atoms with Crippen LogP contribution < -0.4 is 10.1 Å². The van der Waals surface area contributed by atoms with Gasteiger partial charge >= 0.3 is 6.18 Å². The van der Waals surface area contributed by atoms with E-state index in [2.05, 4.69) is 10.3 Å². The summed E-state index contributed by atoms with van der Waals surface area (Å²) in [5, 5.41) is 2.70. The van der Waals surface area contributed by atoms with Crippen molar-refractivity contribution in [1.29, 1.82) is 0 Å². The van der Waals surface area contributed by atoms with Crippen molar-refractivity contribution in [2.45, 2.75) is 31.1 Å². The van der Waals surface area contributed by atoms with Gasteiger partial charge in [-0.15, -0.1) is 0 Å².